The van der Waals surface area contributed by atoms with Gasteiger partial charge in [0.05, 0.1) is 28.1 Å². The quantitative estimate of drug-likeness (QED) is 0.736. The Morgan fingerprint density at radius 3 is 2.38 bits per heavy atom. The van der Waals surface area contributed by atoms with Gasteiger partial charge in [0, 0.05) is 24.9 Å². The molecule has 1 N–H and O–H groups in total. The monoisotopic (exact) mass is 365 g/mol. The van der Waals surface area contributed by atoms with Gasteiger partial charge in [-0.3, -0.25) is 14.5 Å². The normalized spacial score (nSPS) is 14.2. The summed E-state index contributed by atoms with van der Waals surface area (Å²) in [5.41, 5.74) is 3.14. The highest BCUT2D eigenvalue weighted by Gasteiger charge is 2.35. The molecule has 0 saturated carbocycles. The number of hydrogen-bond acceptors (Lipinski definition) is 6. The molecule has 7 nitrogen and oxygen atoms in total. The van der Waals surface area contributed by atoms with Crippen LogP contribution < -0.4 is 4.72 Å². The van der Waals surface area contributed by atoms with Gasteiger partial charge in [-0.15, -0.1) is 11.3 Å². The third-order valence-corrected chi connectivity index (χ3v) is 5.65. The number of nitrogens with one attached hydrogen (secondary N) is 1. The van der Waals surface area contributed by atoms with Gasteiger partial charge in [0.2, 0.25) is 10.0 Å². The van der Waals surface area contributed by atoms with Crippen molar-refractivity contribution in [1.82, 2.24) is 14.6 Å². The Bertz CT molecular complexity index is 828. The third kappa shape index (κ3) is 3.53. The van der Waals surface area contributed by atoms with Crippen molar-refractivity contribution in [2.45, 2.75) is 6.42 Å². The summed E-state index contributed by atoms with van der Waals surface area (Å²) in [6.45, 7) is 0.0621. The molecule has 2 amide bonds. The number of benzene rings is 1. The lowest BCUT2D eigenvalue weighted by atomic mass is 10.1. The second kappa shape index (κ2) is 6.80. The van der Waals surface area contributed by atoms with E-state index in [2.05, 4.69) is 9.71 Å². The molecule has 0 spiro atoms. The Morgan fingerprint density at radius 1 is 1.12 bits per heavy atom. The van der Waals surface area contributed by atoms with E-state index in [0.717, 1.165) is 10.6 Å². The first-order valence-corrected chi connectivity index (χ1v) is 9.87. The molecule has 0 unspecified atom stereocenters. The number of thiazole rings is 1. The first kappa shape index (κ1) is 16.7. The summed E-state index contributed by atoms with van der Waals surface area (Å²) in [6, 6.07) is 6.47. The molecule has 0 saturated heterocycles. The van der Waals surface area contributed by atoms with Crippen LogP contribution in [-0.2, 0) is 16.4 Å². The largest absolute Gasteiger partial charge is 0.273 e. The average Bonchev–Trinajstić information content (AvgIpc) is 3.15. The number of sulfonamides is 1. The van der Waals surface area contributed by atoms with Crippen molar-refractivity contribution in [1.29, 1.82) is 0 Å². The van der Waals surface area contributed by atoms with Crippen molar-refractivity contribution in [2.24, 2.45) is 0 Å². The van der Waals surface area contributed by atoms with Crippen molar-refractivity contribution in [3.8, 4) is 0 Å². The maximum atomic E-state index is 12.2. The Balaban J connectivity index is 1.55. The van der Waals surface area contributed by atoms with E-state index in [1.165, 1.54) is 11.3 Å². The lowest BCUT2D eigenvalue weighted by molar-refractivity contribution is 0.0664. The molecule has 0 fully saturated rings. The van der Waals surface area contributed by atoms with E-state index in [1.807, 2.05) is 5.38 Å². The summed E-state index contributed by atoms with van der Waals surface area (Å²) in [5.74, 6) is -1.23. The van der Waals surface area contributed by atoms with Crippen LogP contribution in [0.5, 0.6) is 0 Å². The van der Waals surface area contributed by atoms with Gasteiger partial charge in [0.1, 0.15) is 0 Å². The lowest BCUT2D eigenvalue weighted by Crippen LogP contribution is -2.38. The number of amides is 2. The lowest BCUT2D eigenvalue weighted by Gasteiger charge is -2.14. The van der Waals surface area contributed by atoms with Crippen LogP contribution in [0.3, 0.4) is 0 Å². The Hall–Kier alpha value is -2.10. The Kier molecular flexibility index (Phi) is 4.74. The van der Waals surface area contributed by atoms with Crippen molar-refractivity contribution in [3.63, 3.8) is 0 Å². The zero-order valence-corrected chi connectivity index (χ0v) is 14.3. The predicted molar refractivity (Wildman–Crippen MR) is 89.4 cm³/mol. The van der Waals surface area contributed by atoms with Gasteiger partial charge in [0.25, 0.3) is 11.8 Å². The summed E-state index contributed by atoms with van der Waals surface area (Å²) < 4.78 is 26.5. The zero-order chi connectivity index (χ0) is 17.2. The number of imide groups is 1. The topological polar surface area (TPSA) is 96.4 Å². The molecule has 0 atom stereocenters. The third-order valence-electron chi connectivity index (χ3n) is 3.65. The minimum absolute atomic E-state index is 0.168. The first-order chi connectivity index (χ1) is 11.5. The minimum Gasteiger partial charge on any atom is -0.273 e. The molecule has 126 valence electrons. The number of rotatable bonds is 7. The highest BCUT2D eigenvalue weighted by atomic mass is 32.2. The van der Waals surface area contributed by atoms with Crippen molar-refractivity contribution < 1.29 is 18.0 Å². The van der Waals surface area contributed by atoms with E-state index < -0.39 is 21.8 Å². The van der Waals surface area contributed by atoms with Crippen LogP contribution in [0.4, 0.5) is 0 Å². The molecule has 0 bridgehead atoms. The average molecular weight is 365 g/mol. The Labute approximate surface area is 143 Å². The van der Waals surface area contributed by atoms with Gasteiger partial charge in [-0.25, -0.2) is 18.1 Å². The van der Waals surface area contributed by atoms with Crippen LogP contribution in [0, 0.1) is 0 Å². The van der Waals surface area contributed by atoms with Crippen LogP contribution in [-0.4, -0.2) is 49.0 Å². The van der Waals surface area contributed by atoms with E-state index in [9.17, 15) is 18.0 Å². The summed E-state index contributed by atoms with van der Waals surface area (Å²) in [4.78, 5) is 29.4. The number of nitrogens with zero attached hydrogens (tertiary/aromatic N) is 2. The number of carbonyl (C=O) groups is 2. The van der Waals surface area contributed by atoms with Crippen molar-refractivity contribution in [2.75, 3.05) is 18.8 Å². The minimum atomic E-state index is -3.58. The van der Waals surface area contributed by atoms with E-state index in [1.54, 1.807) is 29.8 Å². The van der Waals surface area contributed by atoms with Gasteiger partial charge >= 0.3 is 0 Å². The van der Waals surface area contributed by atoms with Gasteiger partial charge in [-0.2, -0.15) is 0 Å². The molecule has 24 heavy (non-hydrogen) atoms. The molecule has 2 aromatic rings. The van der Waals surface area contributed by atoms with Crippen molar-refractivity contribution >= 4 is 33.2 Å². The van der Waals surface area contributed by atoms with Crippen LogP contribution in [0.1, 0.15) is 26.4 Å². The SMILES string of the molecule is O=C1c2ccccc2C(=O)N1CCS(=O)(=O)NCCc1cscn1. The highest BCUT2D eigenvalue weighted by Crippen LogP contribution is 2.22. The highest BCUT2D eigenvalue weighted by molar-refractivity contribution is 7.89. The van der Waals surface area contributed by atoms with Gasteiger partial charge < -0.3 is 0 Å². The summed E-state index contributed by atoms with van der Waals surface area (Å²) in [7, 11) is -3.58. The molecule has 9 heteroatoms. The molecule has 0 radical (unpaired) electrons. The number of hydrogen-bond donors (Lipinski definition) is 1. The molecule has 1 aromatic carbocycles. The molecular weight excluding hydrogens is 350 g/mol. The maximum Gasteiger partial charge on any atom is 0.261 e. The fraction of sp³-hybridized carbons (Fsp3) is 0.267. The fourth-order valence-electron chi connectivity index (χ4n) is 2.42. The fourth-order valence-corrected chi connectivity index (χ4v) is 3.99. The summed E-state index contributed by atoms with van der Waals surface area (Å²) in [6.07, 6.45) is 0.496. The van der Waals surface area contributed by atoms with E-state index in [-0.39, 0.29) is 18.8 Å². The summed E-state index contributed by atoms with van der Waals surface area (Å²) >= 11 is 1.45. The maximum absolute atomic E-state index is 12.2. The molecule has 0 aliphatic carbocycles. The molecule has 1 aliphatic rings. The standard InChI is InChI=1S/C15H15N3O4S2/c19-14-12-3-1-2-4-13(12)15(20)18(14)7-8-24(21,22)17-6-5-11-9-23-10-16-11/h1-4,9-10,17H,5-8H2. The smallest absolute Gasteiger partial charge is 0.261 e. The molecule has 1 aliphatic heterocycles. The second-order valence-electron chi connectivity index (χ2n) is 5.25. The molecule has 1 aromatic heterocycles. The zero-order valence-electron chi connectivity index (χ0n) is 12.6. The number of aromatic nitrogens is 1. The predicted octanol–water partition coefficient (Wildman–Crippen LogP) is 0.901. The van der Waals surface area contributed by atoms with Crippen LogP contribution in [0.15, 0.2) is 35.2 Å². The molecule has 2 heterocycles. The molecular formula is C15H15N3O4S2. The van der Waals surface area contributed by atoms with Crippen LogP contribution in [0.2, 0.25) is 0 Å². The van der Waals surface area contributed by atoms with E-state index in [0.29, 0.717) is 17.5 Å². The van der Waals surface area contributed by atoms with E-state index >= 15 is 0 Å². The van der Waals surface area contributed by atoms with E-state index in [4.69, 9.17) is 0 Å². The Morgan fingerprint density at radius 2 is 1.79 bits per heavy atom. The first-order valence-electron chi connectivity index (χ1n) is 7.27. The van der Waals surface area contributed by atoms with Gasteiger partial charge in [-0.05, 0) is 12.1 Å². The molecule has 3 rings (SSSR count). The number of carbonyl (C=O) groups excluding carboxylic acids is 2. The van der Waals surface area contributed by atoms with Gasteiger partial charge in [0.15, 0.2) is 0 Å². The van der Waals surface area contributed by atoms with Crippen molar-refractivity contribution in [3.05, 3.63) is 52.0 Å². The van der Waals surface area contributed by atoms with Crippen LogP contribution >= 0.6 is 11.3 Å². The second-order valence-corrected chi connectivity index (χ2v) is 7.90. The van der Waals surface area contributed by atoms with Crippen LogP contribution in [0.25, 0.3) is 0 Å². The summed E-state index contributed by atoms with van der Waals surface area (Å²) in [5, 5.41) is 1.85. The van der Waals surface area contributed by atoms with Gasteiger partial charge in [-0.1, -0.05) is 12.1 Å². The number of fused-ring (bicyclic) bond motifs is 1.